The van der Waals surface area contributed by atoms with Crippen LogP contribution in [0.1, 0.15) is 73.1 Å². The molecule has 1 aliphatic carbocycles. The van der Waals surface area contributed by atoms with Gasteiger partial charge in [-0.1, -0.05) is 13.8 Å². The lowest BCUT2D eigenvalue weighted by Crippen LogP contribution is -2.58. The number of likely N-dealkylation sites (tertiary alicyclic amines) is 1. The summed E-state index contributed by atoms with van der Waals surface area (Å²) in [6, 6.07) is -2.61. The topological polar surface area (TPSA) is 201 Å². The number of aliphatic hydroxyl groups excluding tert-OH is 1. The van der Waals surface area contributed by atoms with Gasteiger partial charge in [0.15, 0.2) is 0 Å². The molecule has 14 nitrogen and oxygen atoms in total. The van der Waals surface area contributed by atoms with Crippen molar-refractivity contribution in [2.45, 2.75) is 102 Å². The molecular weight excluding hydrogens is 560 g/mol. The Bertz CT molecular complexity index is 1100. The fraction of sp³-hybridized carbons (Fsp3) is 0.846. The van der Waals surface area contributed by atoms with Crippen molar-refractivity contribution in [2.24, 2.45) is 17.3 Å². The number of amides is 4. The van der Waals surface area contributed by atoms with Crippen LogP contribution >= 0.6 is 0 Å². The van der Waals surface area contributed by atoms with Crippen LogP contribution in [0, 0.1) is 17.3 Å². The van der Waals surface area contributed by atoms with Gasteiger partial charge in [0.05, 0.1) is 6.04 Å². The van der Waals surface area contributed by atoms with E-state index in [4.69, 9.17) is 9.47 Å². The molecule has 3 rings (SSSR count). The highest BCUT2D eigenvalue weighted by molar-refractivity contribution is 7.86. The van der Waals surface area contributed by atoms with Crippen LogP contribution < -0.4 is 16.0 Å². The highest BCUT2D eigenvalue weighted by atomic mass is 32.2. The van der Waals surface area contributed by atoms with Crippen LogP contribution in [-0.4, -0.2) is 95.8 Å². The zero-order valence-electron chi connectivity index (χ0n) is 24.3. The van der Waals surface area contributed by atoms with Gasteiger partial charge in [0.2, 0.25) is 17.3 Å². The van der Waals surface area contributed by atoms with Crippen molar-refractivity contribution in [2.75, 3.05) is 19.6 Å². The van der Waals surface area contributed by atoms with Crippen LogP contribution in [0.15, 0.2) is 0 Å². The second-order valence-electron chi connectivity index (χ2n) is 13.0. The minimum absolute atomic E-state index is 0.0554. The molecule has 0 radical (unpaired) electrons. The Morgan fingerprint density at radius 3 is 2.37 bits per heavy atom. The SMILES string of the molecule is CC(C)C[C@H](NC(=O)OC1CCC2(C1)CN(C(=O)OC(C)(C)C)C2)C(=O)N[C@@H](C[C@H]1CCNC1=O)C(O)S(=O)(=O)O. The van der Waals surface area contributed by atoms with Gasteiger partial charge in [0.25, 0.3) is 10.1 Å². The largest absolute Gasteiger partial charge is 0.446 e. The van der Waals surface area contributed by atoms with E-state index in [-0.39, 0.29) is 36.2 Å². The quantitative estimate of drug-likeness (QED) is 0.225. The molecule has 3 fully saturated rings. The predicted octanol–water partition coefficient (Wildman–Crippen LogP) is 1.13. The molecule has 15 heteroatoms. The van der Waals surface area contributed by atoms with Gasteiger partial charge in [-0.25, -0.2) is 9.59 Å². The van der Waals surface area contributed by atoms with Gasteiger partial charge in [0, 0.05) is 31.0 Å². The Hall–Kier alpha value is -2.65. The molecule has 4 amide bonds. The fourth-order valence-electron chi connectivity index (χ4n) is 5.71. The first-order valence-corrected chi connectivity index (χ1v) is 15.6. The molecule has 41 heavy (non-hydrogen) atoms. The second-order valence-corrected chi connectivity index (χ2v) is 14.5. The summed E-state index contributed by atoms with van der Waals surface area (Å²) in [4.78, 5) is 51.9. The van der Waals surface area contributed by atoms with Crippen molar-refractivity contribution in [3.63, 3.8) is 0 Å². The Balaban J connectivity index is 1.57. The summed E-state index contributed by atoms with van der Waals surface area (Å²) in [6.07, 6.45) is 0.660. The lowest BCUT2D eigenvalue weighted by molar-refractivity contribution is -0.126. The lowest BCUT2D eigenvalue weighted by atomic mass is 9.78. The van der Waals surface area contributed by atoms with Gasteiger partial charge in [-0.05, 0) is 65.2 Å². The van der Waals surface area contributed by atoms with Crippen molar-refractivity contribution in [3.05, 3.63) is 0 Å². The zero-order chi connectivity index (χ0) is 30.8. The number of rotatable bonds is 10. The van der Waals surface area contributed by atoms with E-state index in [0.717, 1.165) is 6.42 Å². The van der Waals surface area contributed by atoms with Gasteiger partial charge in [0.1, 0.15) is 17.7 Å². The van der Waals surface area contributed by atoms with Crippen LogP contribution in [0.2, 0.25) is 0 Å². The average molecular weight is 605 g/mol. The summed E-state index contributed by atoms with van der Waals surface area (Å²) in [5.74, 6) is -1.84. The molecule has 1 saturated carbocycles. The summed E-state index contributed by atoms with van der Waals surface area (Å²) in [5, 5.41) is 17.8. The van der Waals surface area contributed by atoms with Gasteiger partial charge >= 0.3 is 12.2 Å². The first kappa shape index (κ1) is 32.9. The van der Waals surface area contributed by atoms with Crippen LogP contribution in [0.25, 0.3) is 0 Å². The number of hydrogen-bond donors (Lipinski definition) is 5. The molecule has 2 saturated heterocycles. The fourth-order valence-corrected chi connectivity index (χ4v) is 6.30. The third kappa shape index (κ3) is 9.17. The molecule has 0 aromatic heterocycles. The Labute approximate surface area is 241 Å². The molecule has 3 aliphatic rings. The van der Waals surface area contributed by atoms with Crippen LogP contribution in [0.3, 0.4) is 0 Å². The molecule has 5 atom stereocenters. The summed E-state index contributed by atoms with van der Waals surface area (Å²) in [5.41, 5.74) is -3.10. The molecule has 2 heterocycles. The molecule has 0 aromatic carbocycles. The number of hydrogen-bond acceptors (Lipinski definition) is 9. The number of ether oxygens (including phenoxy) is 2. The summed E-state index contributed by atoms with van der Waals surface area (Å²) >= 11 is 0. The Morgan fingerprint density at radius 1 is 1.17 bits per heavy atom. The summed E-state index contributed by atoms with van der Waals surface area (Å²) in [7, 11) is -4.96. The maximum Gasteiger partial charge on any atom is 0.410 e. The molecule has 5 N–H and O–H groups in total. The van der Waals surface area contributed by atoms with E-state index < -0.39 is 57.3 Å². The van der Waals surface area contributed by atoms with E-state index in [1.807, 2.05) is 13.8 Å². The molecule has 2 aliphatic heterocycles. The first-order chi connectivity index (χ1) is 18.9. The number of nitrogens with one attached hydrogen (secondary N) is 3. The monoisotopic (exact) mass is 604 g/mol. The number of alkyl carbamates (subject to hydrolysis) is 1. The number of carbonyl (C=O) groups excluding carboxylic acids is 4. The van der Waals surface area contributed by atoms with Crippen molar-refractivity contribution in [1.82, 2.24) is 20.9 Å². The van der Waals surface area contributed by atoms with Gasteiger partial charge in [-0.2, -0.15) is 8.42 Å². The number of carbonyl (C=O) groups is 4. The van der Waals surface area contributed by atoms with E-state index in [2.05, 4.69) is 16.0 Å². The van der Waals surface area contributed by atoms with Crippen molar-refractivity contribution in [3.8, 4) is 0 Å². The van der Waals surface area contributed by atoms with E-state index in [1.54, 1.807) is 25.7 Å². The highest BCUT2D eigenvalue weighted by Crippen LogP contribution is 2.47. The smallest absolute Gasteiger partial charge is 0.410 e. The minimum Gasteiger partial charge on any atom is -0.446 e. The van der Waals surface area contributed by atoms with Crippen molar-refractivity contribution < 1.29 is 46.7 Å². The summed E-state index contributed by atoms with van der Waals surface area (Å²) in [6.45, 7) is 10.5. The average Bonchev–Trinajstić information content (AvgIpc) is 3.40. The standard InChI is InChI=1S/C26H44N4O10S/c1-15(2)10-18(21(32)28-19(22(33)41(36,37)38)11-16-7-9-27-20(16)31)29-23(34)39-17-6-8-26(12-17)13-30(14-26)24(35)40-25(3,4)5/h15-19,22,33H,6-14H2,1-5H3,(H,27,31)(H,28,32)(H,29,34)(H,36,37,38)/t16-,17?,18+,19+,22?/m1/s1. The summed E-state index contributed by atoms with van der Waals surface area (Å²) < 4.78 is 43.8. The maximum atomic E-state index is 13.2. The van der Waals surface area contributed by atoms with Gasteiger partial charge < -0.3 is 35.4 Å². The molecule has 2 unspecified atom stereocenters. The van der Waals surface area contributed by atoms with E-state index in [1.165, 1.54) is 0 Å². The first-order valence-electron chi connectivity index (χ1n) is 14.0. The van der Waals surface area contributed by atoms with Gasteiger partial charge in [-0.15, -0.1) is 0 Å². The van der Waals surface area contributed by atoms with E-state index in [9.17, 15) is 37.3 Å². The van der Waals surface area contributed by atoms with Gasteiger partial charge in [-0.3, -0.25) is 14.1 Å². The highest BCUT2D eigenvalue weighted by Gasteiger charge is 2.51. The Kier molecular flexibility index (Phi) is 10.2. The maximum absolute atomic E-state index is 13.2. The molecular formula is C26H44N4O10S. The third-order valence-corrected chi connectivity index (χ3v) is 8.57. The molecule has 1 spiro atoms. The van der Waals surface area contributed by atoms with Crippen LogP contribution in [0.5, 0.6) is 0 Å². The molecule has 0 aromatic rings. The number of aliphatic hydroxyl groups is 1. The number of nitrogens with zero attached hydrogens (tertiary/aromatic N) is 1. The molecule has 0 bridgehead atoms. The third-order valence-electron chi connectivity index (χ3n) is 7.63. The minimum atomic E-state index is -4.96. The van der Waals surface area contributed by atoms with Crippen molar-refractivity contribution >= 4 is 34.1 Å². The van der Waals surface area contributed by atoms with Crippen LogP contribution in [-0.2, 0) is 29.2 Å². The second kappa shape index (κ2) is 12.7. The van der Waals surface area contributed by atoms with Crippen molar-refractivity contribution in [1.29, 1.82) is 0 Å². The lowest BCUT2D eigenvalue weighted by Gasteiger charge is -2.48. The Morgan fingerprint density at radius 2 is 1.83 bits per heavy atom. The van der Waals surface area contributed by atoms with Crippen LogP contribution in [0.4, 0.5) is 9.59 Å². The predicted molar refractivity (Wildman–Crippen MR) is 146 cm³/mol. The zero-order valence-corrected chi connectivity index (χ0v) is 25.2. The normalized spacial score (nSPS) is 24.3. The van der Waals surface area contributed by atoms with E-state index >= 15 is 0 Å². The van der Waals surface area contributed by atoms with E-state index in [0.29, 0.717) is 38.9 Å². The molecule has 234 valence electrons.